The normalized spacial score (nSPS) is 12.9. The van der Waals surface area contributed by atoms with Crippen molar-refractivity contribution >= 4 is 34.5 Å². The first-order valence-corrected chi connectivity index (χ1v) is 6.75. The van der Waals surface area contributed by atoms with Crippen LogP contribution >= 0.6 is 11.8 Å². The lowest BCUT2D eigenvalue weighted by Gasteiger charge is -2.16. The Hall–Kier alpha value is -2.02. The molecule has 0 aliphatic carbocycles. The van der Waals surface area contributed by atoms with Crippen LogP contribution in [0.25, 0.3) is 0 Å². The number of rotatable bonds is 2. The average molecular weight is 277 g/mol. The molecule has 1 heterocycles. The molecule has 0 unspecified atom stereocenters. The van der Waals surface area contributed by atoms with Crippen LogP contribution in [-0.2, 0) is 11.2 Å². The summed E-state index contributed by atoms with van der Waals surface area (Å²) in [4.78, 5) is 17.4. The summed E-state index contributed by atoms with van der Waals surface area (Å²) in [6.45, 7) is 0.689. The summed E-state index contributed by atoms with van der Waals surface area (Å²) >= 11 is 1.02. The van der Waals surface area contributed by atoms with Gasteiger partial charge in [-0.15, -0.1) is 0 Å². The van der Waals surface area contributed by atoms with Crippen molar-refractivity contribution in [2.24, 2.45) is 16.5 Å². The van der Waals surface area contributed by atoms with Crippen molar-refractivity contribution in [2.45, 2.75) is 6.42 Å². The number of amides is 1. The lowest BCUT2D eigenvalue weighted by atomic mass is 10.2. The smallest absolute Gasteiger partial charge is 0.237 e. The van der Waals surface area contributed by atoms with E-state index in [0.717, 1.165) is 23.9 Å². The van der Waals surface area contributed by atoms with Crippen LogP contribution in [0.3, 0.4) is 0 Å². The molecular weight excluding hydrogens is 262 g/mol. The summed E-state index contributed by atoms with van der Waals surface area (Å²) in [6, 6.07) is 7.85. The van der Waals surface area contributed by atoms with Gasteiger partial charge in [-0.3, -0.25) is 10.2 Å². The van der Waals surface area contributed by atoms with Gasteiger partial charge >= 0.3 is 0 Å². The van der Waals surface area contributed by atoms with Gasteiger partial charge in [0.1, 0.15) is 0 Å². The number of carbonyl (C=O) groups excluding carboxylic acids is 1. The van der Waals surface area contributed by atoms with Crippen molar-refractivity contribution in [1.29, 1.82) is 5.41 Å². The van der Waals surface area contributed by atoms with E-state index in [9.17, 15) is 4.79 Å². The van der Waals surface area contributed by atoms with E-state index < -0.39 is 0 Å². The number of thioether (sulfide) groups is 1. The second-order valence-electron chi connectivity index (χ2n) is 4.05. The van der Waals surface area contributed by atoms with Crippen molar-refractivity contribution in [1.82, 2.24) is 0 Å². The number of anilines is 1. The summed E-state index contributed by atoms with van der Waals surface area (Å²) in [6.07, 6.45) is 0.873. The summed E-state index contributed by atoms with van der Waals surface area (Å²) in [5.41, 5.74) is 12.5. The van der Waals surface area contributed by atoms with Crippen molar-refractivity contribution in [2.75, 3.05) is 17.2 Å². The van der Waals surface area contributed by atoms with Gasteiger partial charge in [0, 0.05) is 12.2 Å². The largest absolute Gasteiger partial charge is 0.370 e. The molecule has 5 N–H and O–H groups in total. The molecule has 0 atom stereocenters. The number of carbonyl (C=O) groups is 1. The van der Waals surface area contributed by atoms with Crippen LogP contribution < -0.4 is 16.4 Å². The zero-order chi connectivity index (χ0) is 13.8. The predicted molar refractivity (Wildman–Crippen MR) is 78.5 cm³/mol. The van der Waals surface area contributed by atoms with Gasteiger partial charge < -0.3 is 16.4 Å². The first-order valence-electron chi connectivity index (χ1n) is 5.77. The first-order chi connectivity index (χ1) is 9.08. The molecule has 0 aromatic heterocycles. The van der Waals surface area contributed by atoms with E-state index in [2.05, 4.69) is 4.99 Å². The summed E-state index contributed by atoms with van der Waals surface area (Å²) < 4.78 is 0. The predicted octanol–water partition coefficient (Wildman–Crippen LogP) is 0.517. The Morgan fingerprint density at radius 2 is 2.16 bits per heavy atom. The molecule has 0 saturated carbocycles. The third kappa shape index (κ3) is 3.25. The Morgan fingerprint density at radius 3 is 2.89 bits per heavy atom. The van der Waals surface area contributed by atoms with Crippen LogP contribution in [0.15, 0.2) is 29.3 Å². The number of benzene rings is 1. The van der Waals surface area contributed by atoms with E-state index in [1.165, 1.54) is 5.56 Å². The molecule has 19 heavy (non-hydrogen) atoms. The van der Waals surface area contributed by atoms with Crippen LogP contribution in [-0.4, -0.2) is 29.3 Å². The number of nitrogens with one attached hydrogen (secondary N) is 1. The molecule has 100 valence electrons. The number of guanidine groups is 1. The Kier molecular flexibility index (Phi) is 4.06. The Bertz CT molecular complexity index is 539. The fourth-order valence-corrected chi connectivity index (χ4v) is 2.54. The maximum Gasteiger partial charge on any atom is 0.237 e. The number of hydrogen-bond donors (Lipinski definition) is 3. The minimum absolute atomic E-state index is 0.0366. The van der Waals surface area contributed by atoms with Crippen molar-refractivity contribution < 1.29 is 4.79 Å². The van der Waals surface area contributed by atoms with Crippen LogP contribution in [0.4, 0.5) is 5.69 Å². The highest BCUT2D eigenvalue weighted by atomic mass is 32.2. The first kappa shape index (κ1) is 13.4. The van der Waals surface area contributed by atoms with Gasteiger partial charge in [-0.1, -0.05) is 30.0 Å². The van der Waals surface area contributed by atoms with Crippen LogP contribution in [0.5, 0.6) is 0 Å². The van der Waals surface area contributed by atoms with Gasteiger partial charge in [0.25, 0.3) is 0 Å². The summed E-state index contributed by atoms with van der Waals surface area (Å²) in [5, 5.41) is 7.42. The molecule has 1 aromatic rings. The fourth-order valence-electron chi connectivity index (χ4n) is 1.95. The van der Waals surface area contributed by atoms with Gasteiger partial charge in [-0.05, 0) is 18.1 Å². The lowest BCUT2D eigenvalue weighted by Crippen LogP contribution is -2.31. The molecule has 0 bridgehead atoms. The second kappa shape index (κ2) is 5.75. The lowest BCUT2D eigenvalue weighted by molar-refractivity contribution is -0.116. The SMILES string of the molecule is N=C(N=C(N)N)SCC(=O)N1CCc2ccccc21. The zero-order valence-electron chi connectivity index (χ0n) is 10.3. The van der Waals surface area contributed by atoms with Crippen LogP contribution in [0.1, 0.15) is 5.56 Å². The van der Waals surface area contributed by atoms with Crippen molar-refractivity contribution in [3.63, 3.8) is 0 Å². The molecule has 0 saturated heterocycles. The highest BCUT2D eigenvalue weighted by Crippen LogP contribution is 2.27. The fraction of sp³-hybridized carbons (Fsp3) is 0.250. The summed E-state index contributed by atoms with van der Waals surface area (Å²) in [7, 11) is 0. The zero-order valence-corrected chi connectivity index (χ0v) is 11.1. The molecule has 6 nitrogen and oxygen atoms in total. The number of hydrogen-bond acceptors (Lipinski definition) is 3. The molecule has 0 fully saturated rings. The van der Waals surface area contributed by atoms with Crippen LogP contribution in [0.2, 0.25) is 0 Å². The number of nitrogens with two attached hydrogens (primary N) is 2. The molecule has 1 aliphatic rings. The quantitative estimate of drug-likeness (QED) is 0.540. The van der Waals surface area contributed by atoms with E-state index in [-0.39, 0.29) is 22.8 Å². The van der Waals surface area contributed by atoms with Crippen molar-refractivity contribution in [3.05, 3.63) is 29.8 Å². The van der Waals surface area contributed by atoms with E-state index >= 15 is 0 Å². The third-order valence-corrected chi connectivity index (χ3v) is 3.51. The summed E-state index contributed by atoms with van der Waals surface area (Å²) in [5.74, 6) is -0.0498. The second-order valence-corrected chi connectivity index (χ2v) is 5.02. The molecule has 0 spiro atoms. The number of fused-ring (bicyclic) bond motifs is 1. The van der Waals surface area contributed by atoms with E-state index in [0.29, 0.717) is 6.54 Å². The van der Waals surface area contributed by atoms with E-state index in [4.69, 9.17) is 16.9 Å². The standard InChI is InChI=1S/C12H15N5OS/c13-11(14)16-12(15)19-7-10(18)17-6-5-8-3-1-2-4-9(8)17/h1-4H,5-7H2,(H5,13,14,15,16). The number of amidine groups is 1. The number of nitrogens with zero attached hydrogens (tertiary/aromatic N) is 2. The molecular formula is C12H15N5OS. The Balaban J connectivity index is 1.96. The average Bonchev–Trinajstić information content (AvgIpc) is 2.79. The highest BCUT2D eigenvalue weighted by molar-refractivity contribution is 8.14. The number of para-hydroxylation sites is 1. The maximum atomic E-state index is 12.1. The molecule has 7 heteroatoms. The third-order valence-electron chi connectivity index (χ3n) is 2.75. The monoisotopic (exact) mass is 277 g/mol. The minimum Gasteiger partial charge on any atom is -0.370 e. The molecule has 1 aromatic carbocycles. The van der Waals surface area contributed by atoms with Gasteiger partial charge in [-0.2, -0.15) is 4.99 Å². The topological polar surface area (TPSA) is 109 Å². The van der Waals surface area contributed by atoms with Gasteiger partial charge in [0.2, 0.25) is 5.91 Å². The molecule has 2 rings (SSSR count). The Morgan fingerprint density at radius 1 is 1.42 bits per heavy atom. The van der Waals surface area contributed by atoms with Gasteiger partial charge in [0.15, 0.2) is 11.1 Å². The Labute approximate surface area is 115 Å². The number of aliphatic imine (C=N–C) groups is 1. The van der Waals surface area contributed by atoms with Crippen molar-refractivity contribution in [3.8, 4) is 0 Å². The van der Waals surface area contributed by atoms with E-state index in [1.54, 1.807) is 4.90 Å². The minimum atomic E-state index is -0.170. The maximum absolute atomic E-state index is 12.1. The van der Waals surface area contributed by atoms with Gasteiger partial charge in [-0.25, -0.2) is 0 Å². The molecule has 0 radical (unpaired) electrons. The van der Waals surface area contributed by atoms with E-state index in [1.807, 2.05) is 24.3 Å². The molecule has 1 aliphatic heterocycles. The van der Waals surface area contributed by atoms with Gasteiger partial charge in [0.05, 0.1) is 5.75 Å². The van der Waals surface area contributed by atoms with Crippen LogP contribution in [0, 0.1) is 5.41 Å². The highest BCUT2D eigenvalue weighted by Gasteiger charge is 2.23. The molecule has 1 amide bonds.